The number of benzene rings is 2. The molecule has 3 atom stereocenters. The number of amides is 1. The molecule has 33 heavy (non-hydrogen) atoms. The first-order valence-corrected chi connectivity index (χ1v) is 11.3. The molecular weight excluding hydrogens is 502 g/mol. The summed E-state index contributed by atoms with van der Waals surface area (Å²) >= 11 is 18.0. The molecule has 0 bridgehead atoms. The van der Waals surface area contributed by atoms with Gasteiger partial charge in [0.25, 0.3) is 0 Å². The van der Waals surface area contributed by atoms with Crippen LogP contribution in [0.4, 0.5) is 18.9 Å². The van der Waals surface area contributed by atoms with Gasteiger partial charge in [-0.3, -0.25) is 9.59 Å². The normalized spacial score (nSPS) is 14.3. The van der Waals surface area contributed by atoms with E-state index in [1.807, 2.05) is 0 Å². The highest BCUT2D eigenvalue weighted by Crippen LogP contribution is 2.40. The molecule has 0 heterocycles. The van der Waals surface area contributed by atoms with E-state index in [2.05, 4.69) is 5.32 Å². The minimum absolute atomic E-state index is 0.0364. The number of nitrogens with one attached hydrogen (secondary N) is 1. The lowest BCUT2D eigenvalue weighted by molar-refractivity contribution is -0.178. The number of carbonyl (C=O) groups excluding carboxylic acids is 2. The number of esters is 1. The molecule has 0 aliphatic carbocycles. The van der Waals surface area contributed by atoms with Crippen LogP contribution < -0.4 is 5.32 Å². The van der Waals surface area contributed by atoms with E-state index < -0.39 is 29.8 Å². The largest absolute Gasteiger partial charge is 0.466 e. The minimum atomic E-state index is -4.64. The number of carbonyl (C=O) groups is 2. The number of hydrogen-bond donors (Lipinski definition) is 1. The van der Waals surface area contributed by atoms with Gasteiger partial charge >= 0.3 is 12.1 Å². The molecule has 0 aliphatic heterocycles. The van der Waals surface area contributed by atoms with Crippen molar-refractivity contribution < 1.29 is 27.5 Å². The van der Waals surface area contributed by atoms with Crippen LogP contribution in [0.5, 0.6) is 0 Å². The third kappa shape index (κ3) is 7.26. The monoisotopic (exact) mass is 523 g/mol. The molecule has 2 aromatic carbocycles. The Labute approximate surface area is 205 Å². The van der Waals surface area contributed by atoms with Gasteiger partial charge in [0, 0.05) is 0 Å². The van der Waals surface area contributed by atoms with Crippen LogP contribution >= 0.6 is 34.8 Å². The lowest BCUT2D eigenvalue weighted by atomic mass is 9.85. The van der Waals surface area contributed by atoms with Crippen molar-refractivity contribution in [3.8, 4) is 0 Å². The van der Waals surface area contributed by atoms with E-state index in [-0.39, 0.29) is 38.9 Å². The second-order valence-electron chi connectivity index (χ2n) is 7.64. The summed E-state index contributed by atoms with van der Waals surface area (Å²) in [6, 6.07) is 8.62. The number of halogens is 6. The van der Waals surface area contributed by atoms with Crippen molar-refractivity contribution in [2.24, 2.45) is 11.8 Å². The molecule has 180 valence electrons. The number of hydrogen-bond acceptors (Lipinski definition) is 3. The fraction of sp³-hybridized carbons (Fsp3) is 0.391. The fourth-order valence-electron chi connectivity index (χ4n) is 3.29. The smallest absolute Gasteiger partial charge is 0.392 e. The van der Waals surface area contributed by atoms with Crippen molar-refractivity contribution in [1.29, 1.82) is 0 Å². The zero-order valence-electron chi connectivity index (χ0n) is 18.1. The molecule has 10 heteroatoms. The van der Waals surface area contributed by atoms with Crippen molar-refractivity contribution in [3.05, 3.63) is 62.6 Å². The van der Waals surface area contributed by atoms with Crippen molar-refractivity contribution in [2.75, 3.05) is 11.9 Å². The first kappa shape index (κ1) is 27.3. The number of alkyl halides is 3. The Bertz CT molecular complexity index is 1010. The predicted octanol–water partition coefficient (Wildman–Crippen LogP) is 7.31. The molecule has 2 rings (SSSR count). The van der Waals surface area contributed by atoms with Crippen LogP contribution in [0, 0.1) is 11.8 Å². The summed E-state index contributed by atoms with van der Waals surface area (Å²) in [5.74, 6) is -5.35. The molecule has 0 saturated carbocycles. The van der Waals surface area contributed by atoms with Crippen molar-refractivity contribution in [1.82, 2.24) is 0 Å². The topological polar surface area (TPSA) is 55.4 Å². The Morgan fingerprint density at radius 3 is 2.21 bits per heavy atom. The van der Waals surface area contributed by atoms with Gasteiger partial charge in [-0.25, -0.2) is 0 Å². The SMILES string of the molecule is CCOC(=O)C(C)Cc1ccc(Cl)c(NC(=O)C(c2ccc(Cl)c(Cl)c2)C(C)C(F)(F)F)c1. The van der Waals surface area contributed by atoms with E-state index in [1.54, 1.807) is 19.9 Å². The van der Waals surface area contributed by atoms with Crippen LogP contribution in [0.15, 0.2) is 36.4 Å². The highest BCUT2D eigenvalue weighted by molar-refractivity contribution is 6.42. The number of ether oxygens (including phenoxy) is 1. The maximum absolute atomic E-state index is 13.6. The van der Waals surface area contributed by atoms with Gasteiger partial charge in [0.15, 0.2) is 0 Å². The Kier molecular flexibility index (Phi) is 9.47. The molecule has 0 aromatic heterocycles. The third-order valence-electron chi connectivity index (χ3n) is 5.12. The highest BCUT2D eigenvalue weighted by Gasteiger charge is 2.45. The summed E-state index contributed by atoms with van der Waals surface area (Å²) in [5, 5.41) is 2.84. The molecule has 1 amide bonds. The van der Waals surface area contributed by atoms with E-state index in [1.165, 1.54) is 30.3 Å². The van der Waals surface area contributed by atoms with Crippen LogP contribution in [0.2, 0.25) is 15.1 Å². The predicted molar refractivity (Wildman–Crippen MR) is 124 cm³/mol. The highest BCUT2D eigenvalue weighted by atomic mass is 35.5. The summed E-state index contributed by atoms with van der Waals surface area (Å²) < 4.78 is 45.7. The Hall–Kier alpha value is -1.96. The summed E-state index contributed by atoms with van der Waals surface area (Å²) in [5.41, 5.74) is 0.856. The molecule has 2 aromatic rings. The minimum Gasteiger partial charge on any atom is -0.466 e. The van der Waals surface area contributed by atoms with E-state index in [0.717, 1.165) is 6.92 Å². The molecule has 0 spiro atoms. The number of anilines is 1. The summed E-state index contributed by atoms with van der Waals surface area (Å²) in [6.45, 7) is 4.56. The first-order chi connectivity index (χ1) is 15.3. The molecule has 4 nitrogen and oxygen atoms in total. The second kappa shape index (κ2) is 11.4. The number of rotatable bonds is 8. The lowest BCUT2D eigenvalue weighted by Gasteiger charge is -2.26. The maximum Gasteiger partial charge on any atom is 0.392 e. The van der Waals surface area contributed by atoms with Crippen LogP contribution in [-0.4, -0.2) is 24.7 Å². The molecule has 0 radical (unpaired) electrons. The summed E-state index contributed by atoms with van der Waals surface area (Å²) in [6.07, 6.45) is -4.34. The Morgan fingerprint density at radius 2 is 1.64 bits per heavy atom. The van der Waals surface area contributed by atoms with Crippen LogP contribution in [0.25, 0.3) is 0 Å². The van der Waals surface area contributed by atoms with Crippen LogP contribution in [0.1, 0.15) is 37.8 Å². The van der Waals surface area contributed by atoms with E-state index >= 15 is 0 Å². The molecule has 0 saturated heterocycles. The average molecular weight is 525 g/mol. The maximum atomic E-state index is 13.6. The van der Waals surface area contributed by atoms with Crippen molar-refractivity contribution in [3.63, 3.8) is 0 Å². The van der Waals surface area contributed by atoms with Gasteiger partial charge in [0.1, 0.15) is 0 Å². The quantitative estimate of drug-likeness (QED) is 0.368. The zero-order valence-corrected chi connectivity index (χ0v) is 20.4. The van der Waals surface area contributed by atoms with E-state index in [9.17, 15) is 22.8 Å². The van der Waals surface area contributed by atoms with Crippen molar-refractivity contribution in [2.45, 2.75) is 39.3 Å². The third-order valence-corrected chi connectivity index (χ3v) is 6.19. The van der Waals surface area contributed by atoms with Gasteiger partial charge < -0.3 is 10.1 Å². The van der Waals surface area contributed by atoms with Crippen molar-refractivity contribution >= 4 is 52.4 Å². The second-order valence-corrected chi connectivity index (χ2v) is 8.86. The summed E-state index contributed by atoms with van der Waals surface area (Å²) in [4.78, 5) is 25.0. The molecule has 3 unspecified atom stereocenters. The van der Waals surface area contributed by atoms with Crippen LogP contribution in [-0.2, 0) is 20.7 Å². The Balaban J connectivity index is 2.35. The fourth-order valence-corrected chi connectivity index (χ4v) is 3.76. The van der Waals surface area contributed by atoms with Gasteiger partial charge in [-0.05, 0) is 48.7 Å². The van der Waals surface area contributed by atoms with E-state index in [4.69, 9.17) is 39.5 Å². The molecule has 0 fully saturated rings. The van der Waals surface area contributed by atoms with Gasteiger partial charge in [-0.2, -0.15) is 13.2 Å². The average Bonchev–Trinajstić information content (AvgIpc) is 2.72. The summed E-state index contributed by atoms with van der Waals surface area (Å²) in [7, 11) is 0. The van der Waals surface area contributed by atoms with Gasteiger partial charge in [0.2, 0.25) is 5.91 Å². The molecule has 1 N–H and O–H groups in total. The Morgan fingerprint density at radius 1 is 1.00 bits per heavy atom. The van der Waals surface area contributed by atoms with Gasteiger partial charge in [-0.15, -0.1) is 0 Å². The zero-order chi connectivity index (χ0) is 24.9. The van der Waals surface area contributed by atoms with Gasteiger partial charge in [-0.1, -0.05) is 60.8 Å². The van der Waals surface area contributed by atoms with Crippen LogP contribution in [0.3, 0.4) is 0 Å². The first-order valence-electron chi connectivity index (χ1n) is 10.1. The lowest BCUT2D eigenvalue weighted by Crippen LogP contribution is -2.34. The van der Waals surface area contributed by atoms with E-state index in [0.29, 0.717) is 12.0 Å². The standard InChI is InChI=1S/C23H23Cl3F3NO3/c1-4-33-22(32)12(2)9-14-5-7-17(25)19(10-14)30-21(31)20(13(3)23(27,28)29)15-6-8-16(24)18(26)11-15/h5-8,10-13,20H,4,9H2,1-3H3,(H,30,31). The molecular formula is C23H23Cl3F3NO3. The van der Waals surface area contributed by atoms with Gasteiger partial charge in [0.05, 0.1) is 45.1 Å². The molecule has 0 aliphatic rings.